The molecule has 1 atom stereocenters. The predicted octanol–water partition coefficient (Wildman–Crippen LogP) is 3.14. The van der Waals surface area contributed by atoms with Gasteiger partial charge in [-0.05, 0) is 59.2 Å². The summed E-state index contributed by atoms with van der Waals surface area (Å²) < 4.78 is 0. The summed E-state index contributed by atoms with van der Waals surface area (Å²) in [4.78, 5) is 8.71. The molecular weight excluding hydrogens is 254 g/mol. The van der Waals surface area contributed by atoms with Crippen molar-refractivity contribution in [3.63, 3.8) is 0 Å². The third-order valence-electron chi connectivity index (χ3n) is 4.24. The van der Waals surface area contributed by atoms with Gasteiger partial charge in [0.1, 0.15) is 0 Å². The fraction of sp³-hybridized carbons (Fsp3) is 0.800. The van der Waals surface area contributed by atoms with Gasteiger partial charge < -0.3 is 5.32 Å². The lowest BCUT2D eigenvalue weighted by Crippen LogP contribution is -2.37. The van der Waals surface area contributed by atoms with Gasteiger partial charge in [-0.25, -0.2) is 4.98 Å². The van der Waals surface area contributed by atoms with Crippen LogP contribution in [0.5, 0.6) is 0 Å². The van der Waals surface area contributed by atoms with E-state index in [0.29, 0.717) is 6.04 Å². The molecule has 0 spiro atoms. The Bertz CT molecular complexity index is 396. The molecule has 1 saturated heterocycles. The minimum Gasteiger partial charge on any atom is -0.317 e. The molecule has 0 saturated carbocycles. The monoisotopic (exact) mass is 281 g/mol. The van der Waals surface area contributed by atoms with Crippen LogP contribution in [0.1, 0.15) is 48.3 Å². The van der Waals surface area contributed by atoms with Gasteiger partial charge in [-0.2, -0.15) is 0 Å². The summed E-state index contributed by atoms with van der Waals surface area (Å²) in [5.74, 6) is 0.851. The second-order valence-corrected chi connectivity index (χ2v) is 7.04. The summed E-state index contributed by atoms with van der Waals surface area (Å²) in [6.45, 7) is 13.6. The average molecular weight is 281 g/mol. The maximum Gasteiger partial charge on any atom is 0.0900 e. The van der Waals surface area contributed by atoms with E-state index >= 15 is 0 Å². The fourth-order valence-electron chi connectivity index (χ4n) is 3.06. The van der Waals surface area contributed by atoms with Crippen molar-refractivity contribution in [3.8, 4) is 0 Å². The molecule has 1 aliphatic heterocycles. The number of hydrogen-bond acceptors (Lipinski definition) is 4. The number of hydrogen-bond donors (Lipinski definition) is 1. The molecule has 1 unspecified atom stereocenters. The van der Waals surface area contributed by atoms with Gasteiger partial charge in [-0.1, -0.05) is 6.92 Å². The lowest BCUT2D eigenvalue weighted by atomic mass is 9.96. The molecule has 2 heterocycles. The van der Waals surface area contributed by atoms with Crippen molar-refractivity contribution >= 4 is 11.3 Å². The third kappa shape index (κ3) is 3.77. The van der Waals surface area contributed by atoms with Crippen molar-refractivity contribution in [3.05, 3.63) is 15.6 Å². The average Bonchev–Trinajstić information content (AvgIpc) is 2.75. The summed E-state index contributed by atoms with van der Waals surface area (Å²) in [6, 6.07) is 0.449. The minimum atomic E-state index is 0.449. The molecule has 1 N–H and O–H groups in total. The summed E-state index contributed by atoms with van der Waals surface area (Å²) in [5.41, 5.74) is 1.29. The summed E-state index contributed by atoms with van der Waals surface area (Å²) >= 11 is 1.82. The van der Waals surface area contributed by atoms with Gasteiger partial charge in [-0.3, -0.25) is 4.90 Å². The van der Waals surface area contributed by atoms with Crippen LogP contribution in [0.15, 0.2) is 0 Å². The molecular formula is C15H27N3S. The van der Waals surface area contributed by atoms with Crippen LogP contribution in [-0.4, -0.2) is 36.1 Å². The highest BCUT2D eigenvalue weighted by molar-refractivity contribution is 7.11. The first kappa shape index (κ1) is 14.9. The third-order valence-corrected chi connectivity index (χ3v) is 5.14. The first-order valence-electron chi connectivity index (χ1n) is 7.50. The molecule has 1 aromatic rings. The Hall–Kier alpha value is -0.450. The van der Waals surface area contributed by atoms with Crippen molar-refractivity contribution in [2.24, 2.45) is 5.92 Å². The number of nitrogens with zero attached hydrogens (tertiary/aromatic N) is 2. The van der Waals surface area contributed by atoms with Crippen LogP contribution in [0.3, 0.4) is 0 Å². The van der Waals surface area contributed by atoms with Crippen LogP contribution >= 0.6 is 11.3 Å². The van der Waals surface area contributed by atoms with Gasteiger partial charge in [0.2, 0.25) is 0 Å². The van der Waals surface area contributed by atoms with Crippen molar-refractivity contribution in [2.75, 3.05) is 26.2 Å². The highest BCUT2D eigenvalue weighted by Gasteiger charge is 2.23. The Morgan fingerprint density at radius 2 is 2.05 bits per heavy atom. The molecule has 108 valence electrons. The first-order chi connectivity index (χ1) is 9.11. The van der Waals surface area contributed by atoms with Crippen LogP contribution in [0.25, 0.3) is 0 Å². The molecule has 0 aliphatic carbocycles. The summed E-state index contributed by atoms with van der Waals surface area (Å²) in [5, 5.41) is 4.64. The normalized spacial score (nSPS) is 19.0. The van der Waals surface area contributed by atoms with E-state index in [1.165, 1.54) is 48.1 Å². The zero-order valence-corrected chi connectivity index (χ0v) is 13.5. The SMILES string of the molecule is CCN(CC1CCNCC1)C(C)c1nc(C)sc1C. The summed E-state index contributed by atoms with van der Waals surface area (Å²) in [6.07, 6.45) is 2.64. The standard InChI is InChI=1S/C15H27N3S/c1-5-18(10-14-6-8-16-9-7-14)11(2)15-12(3)19-13(4)17-15/h11,14,16H,5-10H2,1-4H3. The summed E-state index contributed by atoms with van der Waals surface area (Å²) in [7, 11) is 0. The molecule has 0 amide bonds. The minimum absolute atomic E-state index is 0.449. The van der Waals surface area contributed by atoms with Gasteiger partial charge in [0.25, 0.3) is 0 Å². The number of aryl methyl sites for hydroxylation is 2. The predicted molar refractivity (Wildman–Crippen MR) is 82.8 cm³/mol. The van der Waals surface area contributed by atoms with Gasteiger partial charge in [-0.15, -0.1) is 11.3 Å². The van der Waals surface area contributed by atoms with Crippen LogP contribution in [-0.2, 0) is 0 Å². The maximum atomic E-state index is 4.74. The van der Waals surface area contributed by atoms with Crippen molar-refractivity contribution in [2.45, 2.75) is 46.6 Å². The number of rotatable bonds is 5. The molecule has 0 aromatic carbocycles. The van der Waals surface area contributed by atoms with Crippen molar-refractivity contribution in [1.82, 2.24) is 15.2 Å². The lowest BCUT2D eigenvalue weighted by molar-refractivity contribution is 0.166. The molecule has 1 aromatic heterocycles. The van der Waals surface area contributed by atoms with E-state index in [1.807, 2.05) is 11.3 Å². The van der Waals surface area contributed by atoms with E-state index in [0.717, 1.165) is 12.5 Å². The molecule has 2 rings (SSSR count). The van der Waals surface area contributed by atoms with Crippen LogP contribution < -0.4 is 5.32 Å². The van der Waals surface area contributed by atoms with E-state index in [-0.39, 0.29) is 0 Å². The highest BCUT2D eigenvalue weighted by atomic mass is 32.1. The molecule has 4 heteroatoms. The van der Waals surface area contributed by atoms with E-state index in [9.17, 15) is 0 Å². The second-order valence-electron chi connectivity index (χ2n) is 5.63. The van der Waals surface area contributed by atoms with Crippen molar-refractivity contribution in [1.29, 1.82) is 0 Å². The zero-order chi connectivity index (χ0) is 13.8. The van der Waals surface area contributed by atoms with E-state index < -0.39 is 0 Å². The number of nitrogens with one attached hydrogen (secondary N) is 1. The zero-order valence-electron chi connectivity index (χ0n) is 12.7. The van der Waals surface area contributed by atoms with Gasteiger partial charge in [0.05, 0.1) is 16.7 Å². The molecule has 0 radical (unpaired) electrons. The lowest BCUT2D eigenvalue weighted by Gasteiger charge is -2.33. The highest BCUT2D eigenvalue weighted by Crippen LogP contribution is 2.28. The largest absolute Gasteiger partial charge is 0.317 e. The Balaban J connectivity index is 2.01. The molecule has 19 heavy (non-hydrogen) atoms. The van der Waals surface area contributed by atoms with E-state index in [1.54, 1.807) is 0 Å². The van der Waals surface area contributed by atoms with Gasteiger partial charge >= 0.3 is 0 Å². The second kappa shape index (κ2) is 6.82. The van der Waals surface area contributed by atoms with E-state index in [2.05, 4.69) is 37.9 Å². The van der Waals surface area contributed by atoms with Crippen LogP contribution in [0.2, 0.25) is 0 Å². The topological polar surface area (TPSA) is 28.2 Å². The quantitative estimate of drug-likeness (QED) is 0.898. The Kier molecular flexibility index (Phi) is 5.37. The number of thiazole rings is 1. The molecule has 1 aliphatic rings. The van der Waals surface area contributed by atoms with Crippen LogP contribution in [0.4, 0.5) is 0 Å². The fourth-order valence-corrected chi connectivity index (χ4v) is 3.97. The van der Waals surface area contributed by atoms with Gasteiger partial charge in [0, 0.05) is 11.4 Å². The Morgan fingerprint density at radius 1 is 1.37 bits per heavy atom. The van der Waals surface area contributed by atoms with Gasteiger partial charge in [0.15, 0.2) is 0 Å². The number of aromatic nitrogens is 1. The smallest absolute Gasteiger partial charge is 0.0900 e. The molecule has 0 bridgehead atoms. The molecule has 1 fully saturated rings. The number of piperidine rings is 1. The maximum absolute atomic E-state index is 4.74. The van der Waals surface area contributed by atoms with Crippen molar-refractivity contribution < 1.29 is 0 Å². The molecule has 3 nitrogen and oxygen atoms in total. The van der Waals surface area contributed by atoms with Crippen LogP contribution in [0, 0.1) is 19.8 Å². The van der Waals surface area contributed by atoms with E-state index in [4.69, 9.17) is 4.98 Å². The first-order valence-corrected chi connectivity index (χ1v) is 8.32. The Morgan fingerprint density at radius 3 is 2.58 bits per heavy atom. The Labute approximate surface area is 121 Å².